The number of hydrogen-bond acceptors (Lipinski definition) is 2. The number of hydrogen-bond donors (Lipinski definition) is 1. The Labute approximate surface area is 119 Å². The first-order valence-corrected chi connectivity index (χ1v) is 7.45. The summed E-state index contributed by atoms with van der Waals surface area (Å²) in [5.41, 5.74) is 0.797. The van der Waals surface area contributed by atoms with E-state index < -0.39 is 6.61 Å². The molecule has 1 aliphatic rings. The minimum Gasteiger partial charge on any atom is -0.434 e. The van der Waals surface area contributed by atoms with Gasteiger partial charge in [0.1, 0.15) is 5.75 Å². The minimum atomic E-state index is -2.77. The van der Waals surface area contributed by atoms with E-state index in [4.69, 9.17) is 0 Å². The Bertz CT molecular complexity index is 403. The van der Waals surface area contributed by atoms with E-state index in [0.717, 1.165) is 11.5 Å². The first kappa shape index (κ1) is 15.2. The Morgan fingerprint density at radius 2 is 1.90 bits per heavy atom. The van der Waals surface area contributed by atoms with Crippen molar-refractivity contribution in [2.45, 2.75) is 58.2 Å². The molecule has 0 bridgehead atoms. The van der Waals surface area contributed by atoms with Gasteiger partial charge >= 0.3 is 6.61 Å². The molecule has 1 saturated carbocycles. The molecule has 0 aromatic heterocycles. The Kier molecular flexibility index (Phi) is 5.77. The van der Waals surface area contributed by atoms with Gasteiger partial charge in [0.15, 0.2) is 0 Å². The molecular formula is C16H23F2NO. The second-order valence-corrected chi connectivity index (χ2v) is 5.49. The van der Waals surface area contributed by atoms with E-state index in [0.29, 0.717) is 12.6 Å². The van der Waals surface area contributed by atoms with Crippen molar-refractivity contribution < 1.29 is 13.5 Å². The summed E-state index contributed by atoms with van der Waals surface area (Å²) in [7, 11) is 0. The van der Waals surface area contributed by atoms with Gasteiger partial charge < -0.3 is 10.1 Å². The SMILES string of the molecule is CCC1CCC(NCc2ccccc2OC(F)F)CC1. The van der Waals surface area contributed by atoms with Gasteiger partial charge in [-0.05, 0) is 37.7 Å². The highest BCUT2D eigenvalue weighted by atomic mass is 19.3. The molecule has 1 aromatic carbocycles. The molecule has 20 heavy (non-hydrogen) atoms. The van der Waals surface area contributed by atoms with Gasteiger partial charge in [-0.1, -0.05) is 31.5 Å². The summed E-state index contributed by atoms with van der Waals surface area (Å²) in [4.78, 5) is 0. The largest absolute Gasteiger partial charge is 0.434 e. The maximum atomic E-state index is 12.3. The molecule has 1 aliphatic carbocycles. The Morgan fingerprint density at radius 1 is 1.20 bits per heavy atom. The second-order valence-electron chi connectivity index (χ2n) is 5.49. The average molecular weight is 283 g/mol. The van der Waals surface area contributed by atoms with Gasteiger partial charge in [-0.15, -0.1) is 0 Å². The zero-order valence-corrected chi connectivity index (χ0v) is 11.9. The Morgan fingerprint density at radius 3 is 2.55 bits per heavy atom. The van der Waals surface area contributed by atoms with E-state index in [1.165, 1.54) is 32.1 Å². The molecule has 1 aromatic rings. The number of ether oxygens (including phenoxy) is 1. The average Bonchev–Trinajstić information content (AvgIpc) is 2.46. The van der Waals surface area contributed by atoms with Crippen molar-refractivity contribution >= 4 is 0 Å². The topological polar surface area (TPSA) is 21.3 Å². The molecule has 0 spiro atoms. The fraction of sp³-hybridized carbons (Fsp3) is 0.625. The van der Waals surface area contributed by atoms with Crippen molar-refractivity contribution in [2.75, 3.05) is 0 Å². The number of halogens is 2. The molecule has 1 fully saturated rings. The van der Waals surface area contributed by atoms with Crippen LogP contribution >= 0.6 is 0 Å². The number of para-hydroxylation sites is 1. The summed E-state index contributed by atoms with van der Waals surface area (Å²) in [6, 6.07) is 7.49. The highest BCUT2D eigenvalue weighted by molar-refractivity contribution is 5.33. The lowest BCUT2D eigenvalue weighted by molar-refractivity contribution is -0.0505. The molecular weight excluding hydrogens is 260 g/mol. The van der Waals surface area contributed by atoms with E-state index >= 15 is 0 Å². The van der Waals surface area contributed by atoms with Gasteiger partial charge in [-0.2, -0.15) is 8.78 Å². The third-order valence-corrected chi connectivity index (χ3v) is 4.19. The van der Waals surface area contributed by atoms with Crippen LogP contribution in [0.1, 0.15) is 44.6 Å². The molecule has 2 rings (SSSR count). The lowest BCUT2D eigenvalue weighted by atomic mass is 9.84. The second kappa shape index (κ2) is 7.58. The van der Waals surface area contributed by atoms with E-state index in [1.807, 2.05) is 12.1 Å². The molecule has 0 unspecified atom stereocenters. The molecule has 4 heteroatoms. The molecule has 0 saturated heterocycles. The zero-order valence-electron chi connectivity index (χ0n) is 11.9. The lowest BCUT2D eigenvalue weighted by Crippen LogP contribution is -2.32. The van der Waals surface area contributed by atoms with E-state index in [9.17, 15) is 8.78 Å². The van der Waals surface area contributed by atoms with Gasteiger partial charge in [-0.25, -0.2) is 0 Å². The first-order chi connectivity index (χ1) is 9.69. The Hall–Kier alpha value is -1.16. The Balaban J connectivity index is 1.85. The molecule has 112 valence electrons. The van der Waals surface area contributed by atoms with Crippen molar-refractivity contribution in [1.82, 2.24) is 5.32 Å². The molecule has 0 amide bonds. The van der Waals surface area contributed by atoms with Gasteiger partial charge in [0.2, 0.25) is 0 Å². The highest BCUT2D eigenvalue weighted by Crippen LogP contribution is 2.27. The number of nitrogens with one attached hydrogen (secondary N) is 1. The van der Waals surface area contributed by atoms with Crippen molar-refractivity contribution in [3.63, 3.8) is 0 Å². The monoisotopic (exact) mass is 283 g/mol. The van der Waals surface area contributed by atoms with Gasteiger partial charge in [0, 0.05) is 18.2 Å². The third kappa shape index (κ3) is 4.44. The van der Waals surface area contributed by atoms with Crippen LogP contribution in [0.4, 0.5) is 8.78 Å². The van der Waals surface area contributed by atoms with Crippen LogP contribution in [0.2, 0.25) is 0 Å². The van der Waals surface area contributed by atoms with Gasteiger partial charge in [0.05, 0.1) is 0 Å². The van der Waals surface area contributed by atoms with Crippen LogP contribution in [0, 0.1) is 5.92 Å². The van der Waals surface area contributed by atoms with Crippen LogP contribution in [0.15, 0.2) is 24.3 Å². The van der Waals surface area contributed by atoms with Crippen LogP contribution in [0.5, 0.6) is 5.75 Å². The fourth-order valence-corrected chi connectivity index (χ4v) is 2.89. The van der Waals surface area contributed by atoms with E-state index in [-0.39, 0.29) is 5.75 Å². The summed E-state index contributed by atoms with van der Waals surface area (Å²) < 4.78 is 29.2. The molecule has 0 atom stereocenters. The summed E-state index contributed by atoms with van der Waals surface area (Å²) in [5, 5.41) is 3.47. The zero-order chi connectivity index (χ0) is 14.4. The summed E-state index contributed by atoms with van der Waals surface area (Å²) in [5.74, 6) is 1.14. The first-order valence-electron chi connectivity index (χ1n) is 7.45. The predicted molar refractivity (Wildman–Crippen MR) is 76.0 cm³/mol. The van der Waals surface area contributed by atoms with Crippen molar-refractivity contribution in [1.29, 1.82) is 0 Å². The van der Waals surface area contributed by atoms with Crippen molar-refractivity contribution in [3.05, 3.63) is 29.8 Å². The predicted octanol–water partition coefficient (Wildman–Crippen LogP) is 4.35. The maximum Gasteiger partial charge on any atom is 0.387 e. The van der Waals surface area contributed by atoms with Crippen LogP contribution in [-0.4, -0.2) is 12.7 Å². The van der Waals surface area contributed by atoms with Crippen LogP contribution < -0.4 is 10.1 Å². The van der Waals surface area contributed by atoms with E-state index in [2.05, 4.69) is 17.0 Å². The van der Waals surface area contributed by atoms with Crippen molar-refractivity contribution in [2.24, 2.45) is 5.92 Å². The van der Waals surface area contributed by atoms with Crippen molar-refractivity contribution in [3.8, 4) is 5.75 Å². The van der Waals surface area contributed by atoms with Crippen LogP contribution in [-0.2, 0) is 6.54 Å². The molecule has 0 aliphatic heterocycles. The standard InChI is InChI=1S/C16H23F2NO/c1-2-12-7-9-14(10-8-12)19-11-13-5-3-4-6-15(13)20-16(17)18/h3-6,12,14,16,19H,2,7-11H2,1H3. The van der Waals surface area contributed by atoms with Gasteiger partial charge in [0.25, 0.3) is 0 Å². The number of benzene rings is 1. The van der Waals surface area contributed by atoms with E-state index in [1.54, 1.807) is 12.1 Å². The quantitative estimate of drug-likeness (QED) is 0.838. The maximum absolute atomic E-state index is 12.3. The minimum absolute atomic E-state index is 0.275. The third-order valence-electron chi connectivity index (χ3n) is 4.19. The van der Waals surface area contributed by atoms with Crippen LogP contribution in [0.25, 0.3) is 0 Å². The molecule has 0 heterocycles. The number of alkyl halides is 2. The molecule has 0 radical (unpaired) electrons. The van der Waals surface area contributed by atoms with Gasteiger partial charge in [-0.3, -0.25) is 0 Å². The molecule has 1 N–H and O–H groups in total. The number of rotatable bonds is 6. The fourth-order valence-electron chi connectivity index (χ4n) is 2.89. The normalized spacial score (nSPS) is 23.0. The smallest absolute Gasteiger partial charge is 0.387 e. The highest BCUT2D eigenvalue weighted by Gasteiger charge is 2.19. The molecule has 2 nitrogen and oxygen atoms in total. The lowest BCUT2D eigenvalue weighted by Gasteiger charge is -2.28. The summed E-state index contributed by atoms with van der Waals surface area (Å²) >= 11 is 0. The summed E-state index contributed by atoms with van der Waals surface area (Å²) in [6.07, 6.45) is 6.15. The van der Waals surface area contributed by atoms with Crippen LogP contribution in [0.3, 0.4) is 0 Å². The summed E-state index contributed by atoms with van der Waals surface area (Å²) in [6.45, 7) is 0.0666.